The minimum Gasteiger partial charge on any atom is -0.352 e. The molecule has 0 aliphatic carbocycles. The van der Waals surface area contributed by atoms with E-state index in [1.54, 1.807) is 35.3 Å². The van der Waals surface area contributed by atoms with Gasteiger partial charge in [-0.25, -0.2) is 9.66 Å². The Morgan fingerprint density at radius 2 is 1.74 bits per heavy atom. The van der Waals surface area contributed by atoms with Gasteiger partial charge < -0.3 is 5.32 Å². The predicted molar refractivity (Wildman–Crippen MR) is 87.5 cm³/mol. The quantitative estimate of drug-likeness (QED) is 0.756. The number of nitrogens with zero attached hydrogens (tertiary/aromatic N) is 2. The standard InChI is InChI=1S/C17H16N4O2/c22-16(10-11-18-17(23)13-6-2-1-3-7-13)20-21-12-19-14-8-4-5-9-15(14)21/h1-9,12H,10-11H2,(H,18,23)(H,20,22). The normalized spacial score (nSPS) is 10.4. The number of benzene rings is 2. The van der Waals surface area contributed by atoms with Crippen LogP contribution in [-0.2, 0) is 4.79 Å². The fourth-order valence-corrected chi connectivity index (χ4v) is 2.22. The first-order valence-corrected chi connectivity index (χ1v) is 7.29. The van der Waals surface area contributed by atoms with Crippen LogP contribution in [-0.4, -0.2) is 28.0 Å². The van der Waals surface area contributed by atoms with Crippen molar-refractivity contribution in [3.63, 3.8) is 0 Å². The van der Waals surface area contributed by atoms with E-state index in [4.69, 9.17) is 0 Å². The van der Waals surface area contributed by atoms with Crippen LogP contribution in [0.15, 0.2) is 60.9 Å². The number of nitrogens with one attached hydrogen (secondary N) is 2. The number of fused-ring (bicyclic) bond motifs is 1. The third-order valence-electron chi connectivity index (χ3n) is 3.37. The molecule has 6 nitrogen and oxygen atoms in total. The molecule has 0 aliphatic rings. The van der Waals surface area contributed by atoms with Gasteiger partial charge in [0.05, 0.1) is 11.0 Å². The van der Waals surface area contributed by atoms with E-state index in [0.29, 0.717) is 5.56 Å². The van der Waals surface area contributed by atoms with Gasteiger partial charge in [-0.05, 0) is 24.3 Å². The van der Waals surface area contributed by atoms with Crippen molar-refractivity contribution >= 4 is 22.8 Å². The fourth-order valence-electron chi connectivity index (χ4n) is 2.22. The second-order valence-corrected chi connectivity index (χ2v) is 5.01. The largest absolute Gasteiger partial charge is 0.352 e. The highest BCUT2D eigenvalue weighted by Gasteiger charge is 2.08. The first-order valence-electron chi connectivity index (χ1n) is 7.29. The van der Waals surface area contributed by atoms with Gasteiger partial charge in [-0.15, -0.1) is 0 Å². The van der Waals surface area contributed by atoms with E-state index in [2.05, 4.69) is 15.7 Å². The molecule has 0 saturated heterocycles. The van der Waals surface area contributed by atoms with Crippen molar-refractivity contribution in [3.8, 4) is 0 Å². The summed E-state index contributed by atoms with van der Waals surface area (Å²) in [5.74, 6) is -0.381. The van der Waals surface area contributed by atoms with Crippen LogP contribution in [0, 0.1) is 0 Å². The lowest BCUT2D eigenvalue weighted by Crippen LogP contribution is -2.29. The Balaban J connectivity index is 1.51. The molecule has 2 amide bonds. The van der Waals surface area contributed by atoms with Crippen molar-refractivity contribution in [2.45, 2.75) is 6.42 Å². The van der Waals surface area contributed by atoms with Crippen LogP contribution in [0.5, 0.6) is 0 Å². The number of hydrogen-bond donors (Lipinski definition) is 2. The molecule has 0 aliphatic heterocycles. The lowest BCUT2D eigenvalue weighted by Gasteiger charge is -2.08. The Bertz CT molecular complexity index is 827. The number of aromatic nitrogens is 2. The highest BCUT2D eigenvalue weighted by atomic mass is 16.2. The van der Waals surface area contributed by atoms with Gasteiger partial charge >= 0.3 is 0 Å². The summed E-state index contributed by atoms with van der Waals surface area (Å²) in [5.41, 5.74) is 4.96. The lowest BCUT2D eigenvalue weighted by molar-refractivity contribution is -0.116. The van der Waals surface area contributed by atoms with E-state index in [1.165, 1.54) is 0 Å². The van der Waals surface area contributed by atoms with Crippen molar-refractivity contribution in [2.75, 3.05) is 12.0 Å². The Morgan fingerprint density at radius 1 is 1.00 bits per heavy atom. The minimum atomic E-state index is -0.193. The fraction of sp³-hybridized carbons (Fsp3) is 0.118. The molecule has 0 spiro atoms. The van der Waals surface area contributed by atoms with E-state index in [0.717, 1.165) is 11.0 Å². The van der Waals surface area contributed by atoms with Crippen LogP contribution in [0.4, 0.5) is 0 Å². The maximum absolute atomic E-state index is 12.0. The van der Waals surface area contributed by atoms with Gasteiger partial charge in [0.15, 0.2) is 0 Å². The third-order valence-corrected chi connectivity index (χ3v) is 3.37. The second-order valence-electron chi connectivity index (χ2n) is 5.01. The molecule has 2 aromatic carbocycles. The summed E-state index contributed by atoms with van der Waals surface area (Å²) in [4.78, 5) is 28.0. The number of rotatable bonds is 5. The van der Waals surface area contributed by atoms with E-state index in [1.807, 2.05) is 30.3 Å². The van der Waals surface area contributed by atoms with E-state index in [9.17, 15) is 9.59 Å². The van der Waals surface area contributed by atoms with Crippen molar-refractivity contribution in [3.05, 3.63) is 66.5 Å². The highest BCUT2D eigenvalue weighted by molar-refractivity contribution is 5.94. The van der Waals surface area contributed by atoms with Crippen LogP contribution < -0.4 is 10.7 Å². The highest BCUT2D eigenvalue weighted by Crippen LogP contribution is 2.09. The summed E-state index contributed by atoms with van der Waals surface area (Å²) in [6.45, 7) is 0.270. The van der Waals surface area contributed by atoms with Gasteiger partial charge in [0, 0.05) is 18.5 Å². The number of carbonyl (C=O) groups excluding carboxylic acids is 2. The van der Waals surface area contributed by atoms with Crippen LogP contribution in [0.3, 0.4) is 0 Å². The molecule has 1 heterocycles. The van der Waals surface area contributed by atoms with Crippen molar-refractivity contribution in [1.29, 1.82) is 0 Å². The average Bonchev–Trinajstić information content (AvgIpc) is 2.99. The van der Waals surface area contributed by atoms with Crippen LogP contribution >= 0.6 is 0 Å². The Hall–Kier alpha value is -3.15. The summed E-state index contributed by atoms with van der Waals surface area (Å²) in [6, 6.07) is 16.4. The Kier molecular flexibility index (Phi) is 4.33. The first-order chi connectivity index (χ1) is 11.2. The molecule has 0 unspecified atom stereocenters. The topological polar surface area (TPSA) is 76.0 Å². The third kappa shape index (κ3) is 3.55. The average molecular weight is 308 g/mol. The van der Waals surface area contributed by atoms with E-state index >= 15 is 0 Å². The molecule has 0 atom stereocenters. The van der Waals surface area contributed by atoms with Gasteiger partial charge in [0.25, 0.3) is 5.91 Å². The minimum absolute atomic E-state index is 0.186. The zero-order chi connectivity index (χ0) is 16.1. The molecule has 23 heavy (non-hydrogen) atoms. The molecular weight excluding hydrogens is 292 g/mol. The SMILES string of the molecule is O=C(CCNC(=O)c1ccccc1)Nn1cnc2ccccc21. The number of carbonyl (C=O) groups is 2. The molecule has 0 radical (unpaired) electrons. The first kappa shape index (κ1) is 14.8. The molecule has 3 aromatic rings. The van der Waals surface area contributed by atoms with Gasteiger partial charge in [-0.1, -0.05) is 30.3 Å². The monoisotopic (exact) mass is 308 g/mol. The zero-order valence-electron chi connectivity index (χ0n) is 12.4. The summed E-state index contributed by atoms with van der Waals surface area (Å²) < 4.78 is 1.58. The number of amides is 2. The van der Waals surface area contributed by atoms with Gasteiger partial charge in [0.2, 0.25) is 5.91 Å². The van der Waals surface area contributed by atoms with Gasteiger partial charge in [-0.3, -0.25) is 15.0 Å². The number of hydrogen-bond acceptors (Lipinski definition) is 3. The smallest absolute Gasteiger partial charge is 0.251 e. The van der Waals surface area contributed by atoms with E-state index in [-0.39, 0.29) is 24.8 Å². The summed E-state index contributed by atoms with van der Waals surface area (Å²) in [7, 11) is 0. The molecular formula is C17H16N4O2. The molecule has 0 bridgehead atoms. The Morgan fingerprint density at radius 3 is 2.57 bits per heavy atom. The second kappa shape index (κ2) is 6.74. The van der Waals surface area contributed by atoms with Crippen LogP contribution in [0.25, 0.3) is 11.0 Å². The molecule has 116 valence electrons. The zero-order valence-corrected chi connectivity index (χ0v) is 12.4. The van der Waals surface area contributed by atoms with Gasteiger partial charge in [-0.2, -0.15) is 0 Å². The van der Waals surface area contributed by atoms with Crippen molar-refractivity contribution in [1.82, 2.24) is 15.0 Å². The Labute approximate surface area is 133 Å². The van der Waals surface area contributed by atoms with Crippen molar-refractivity contribution in [2.24, 2.45) is 0 Å². The van der Waals surface area contributed by atoms with Crippen LogP contribution in [0.2, 0.25) is 0 Å². The van der Waals surface area contributed by atoms with E-state index < -0.39 is 0 Å². The van der Waals surface area contributed by atoms with Gasteiger partial charge in [0.1, 0.15) is 6.33 Å². The summed E-state index contributed by atoms with van der Waals surface area (Å²) in [6.07, 6.45) is 1.75. The molecule has 0 fully saturated rings. The molecule has 3 rings (SSSR count). The maximum atomic E-state index is 12.0. The molecule has 2 N–H and O–H groups in total. The summed E-state index contributed by atoms with van der Waals surface area (Å²) >= 11 is 0. The van der Waals surface area contributed by atoms with Crippen molar-refractivity contribution < 1.29 is 9.59 Å². The molecule has 6 heteroatoms. The predicted octanol–water partition coefficient (Wildman–Crippen LogP) is 1.93. The molecule has 1 aromatic heterocycles. The summed E-state index contributed by atoms with van der Waals surface area (Å²) in [5, 5.41) is 2.72. The van der Waals surface area contributed by atoms with Crippen LogP contribution in [0.1, 0.15) is 16.8 Å². The number of imidazole rings is 1. The maximum Gasteiger partial charge on any atom is 0.251 e. The lowest BCUT2D eigenvalue weighted by atomic mass is 10.2. The number of para-hydroxylation sites is 2. The molecule has 0 saturated carbocycles.